The van der Waals surface area contributed by atoms with Crippen molar-refractivity contribution in [1.82, 2.24) is 0 Å². The van der Waals surface area contributed by atoms with E-state index in [1.165, 1.54) is 0 Å². The first kappa shape index (κ1) is 10.6. The number of benzene rings is 1. The lowest BCUT2D eigenvalue weighted by atomic mass is 10.1. The molecule has 0 saturated carbocycles. The van der Waals surface area contributed by atoms with E-state index in [4.69, 9.17) is 0 Å². The number of aromatic hydroxyl groups is 1. The Bertz CT molecular complexity index is 296. The van der Waals surface area contributed by atoms with Crippen LogP contribution in [0.15, 0.2) is 36.9 Å². The molecule has 0 fully saturated rings. The molecule has 1 atom stereocenters. The third-order valence-corrected chi connectivity index (χ3v) is 2.06. The molecule has 0 saturated heterocycles. The summed E-state index contributed by atoms with van der Waals surface area (Å²) in [4.78, 5) is 0. The number of phenols is 1. The Labute approximate surface area is 85.3 Å². The van der Waals surface area contributed by atoms with Crippen LogP contribution in [-0.2, 0) is 0 Å². The Hall–Kier alpha value is -1.44. The molecule has 0 heterocycles. The van der Waals surface area contributed by atoms with Crippen molar-refractivity contribution in [3.8, 4) is 5.75 Å². The second kappa shape index (κ2) is 5.32. The van der Waals surface area contributed by atoms with E-state index < -0.39 is 0 Å². The zero-order valence-electron chi connectivity index (χ0n) is 8.53. The molecule has 76 valence electrons. The Morgan fingerprint density at radius 1 is 1.57 bits per heavy atom. The molecule has 0 spiro atoms. The molecule has 2 N–H and O–H groups in total. The Morgan fingerprint density at radius 3 is 3.00 bits per heavy atom. The van der Waals surface area contributed by atoms with Crippen LogP contribution in [-0.4, -0.2) is 11.1 Å². The average molecular weight is 191 g/mol. The van der Waals surface area contributed by atoms with Gasteiger partial charge in [-0.25, -0.2) is 0 Å². The fourth-order valence-electron chi connectivity index (χ4n) is 1.32. The van der Waals surface area contributed by atoms with Gasteiger partial charge in [0.2, 0.25) is 0 Å². The third-order valence-electron chi connectivity index (χ3n) is 2.06. The van der Waals surface area contributed by atoms with Crippen LogP contribution in [0.1, 0.15) is 19.8 Å². The summed E-state index contributed by atoms with van der Waals surface area (Å²) in [6.07, 6.45) is 3.98. The minimum absolute atomic E-state index is 0.297. The number of anilines is 1. The van der Waals surface area contributed by atoms with Gasteiger partial charge in [-0.2, -0.15) is 0 Å². The van der Waals surface area contributed by atoms with Gasteiger partial charge in [0, 0.05) is 17.8 Å². The second-order valence-corrected chi connectivity index (χ2v) is 3.46. The lowest BCUT2D eigenvalue weighted by molar-refractivity contribution is 0.475. The first-order valence-electron chi connectivity index (χ1n) is 4.89. The molecule has 1 unspecified atom stereocenters. The van der Waals surface area contributed by atoms with Crippen LogP contribution in [0.25, 0.3) is 0 Å². The quantitative estimate of drug-likeness (QED) is 0.701. The van der Waals surface area contributed by atoms with Crippen LogP contribution in [0, 0.1) is 0 Å². The highest BCUT2D eigenvalue weighted by Gasteiger charge is 2.00. The second-order valence-electron chi connectivity index (χ2n) is 3.46. The average Bonchev–Trinajstić information content (AvgIpc) is 2.15. The molecule has 0 aromatic heterocycles. The maximum atomic E-state index is 9.25. The zero-order chi connectivity index (χ0) is 10.4. The van der Waals surface area contributed by atoms with E-state index in [9.17, 15) is 5.11 Å². The van der Waals surface area contributed by atoms with Crippen molar-refractivity contribution in [1.29, 1.82) is 0 Å². The minimum atomic E-state index is 0.297. The highest BCUT2D eigenvalue weighted by atomic mass is 16.3. The summed E-state index contributed by atoms with van der Waals surface area (Å²) in [5.41, 5.74) is 0.960. The van der Waals surface area contributed by atoms with Crippen molar-refractivity contribution in [3.05, 3.63) is 36.9 Å². The molecule has 2 heteroatoms. The number of nitrogens with one attached hydrogen (secondary N) is 1. The molecule has 2 nitrogen and oxygen atoms in total. The lowest BCUT2D eigenvalue weighted by Crippen LogP contribution is -2.14. The molecule has 0 aliphatic heterocycles. The highest BCUT2D eigenvalue weighted by Crippen LogP contribution is 2.17. The lowest BCUT2D eigenvalue weighted by Gasteiger charge is -2.14. The first-order chi connectivity index (χ1) is 6.72. The van der Waals surface area contributed by atoms with Crippen LogP contribution in [0.3, 0.4) is 0 Å². The van der Waals surface area contributed by atoms with E-state index in [1.807, 2.05) is 18.2 Å². The van der Waals surface area contributed by atoms with Crippen LogP contribution >= 0.6 is 0 Å². The summed E-state index contributed by atoms with van der Waals surface area (Å²) in [5, 5.41) is 12.6. The zero-order valence-corrected chi connectivity index (χ0v) is 8.53. The first-order valence-corrected chi connectivity index (χ1v) is 4.89. The predicted octanol–water partition coefficient (Wildman–Crippen LogP) is 3.16. The van der Waals surface area contributed by atoms with Gasteiger partial charge in [0.05, 0.1) is 0 Å². The monoisotopic (exact) mass is 191 g/mol. The van der Waals surface area contributed by atoms with Crippen molar-refractivity contribution in [2.24, 2.45) is 0 Å². The van der Waals surface area contributed by atoms with Gasteiger partial charge in [-0.3, -0.25) is 0 Å². The van der Waals surface area contributed by atoms with E-state index in [-0.39, 0.29) is 0 Å². The van der Waals surface area contributed by atoms with Crippen LogP contribution in [0.4, 0.5) is 5.69 Å². The van der Waals surface area contributed by atoms with E-state index in [2.05, 4.69) is 18.8 Å². The van der Waals surface area contributed by atoms with Crippen LogP contribution < -0.4 is 5.32 Å². The Balaban J connectivity index is 2.47. The highest BCUT2D eigenvalue weighted by molar-refractivity contribution is 5.48. The minimum Gasteiger partial charge on any atom is -0.508 e. The van der Waals surface area contributed by atoms with E-state index in [0.29, 0.717) is 11.8 Å². The Kier molecular flexibility index (Phi) is 4.05. The fraction of sp³-hybridized carbons (Fsp3) is 0.333. The number of allylic oxidation sites excluding steroid dienone is 1. The van der Waals surface area contributed by atoms with Crippen LogP contribution in [0.2, 0.25) is 0 Å². The van der Waals surface area contributed by atoms with Crippen molar-refractivity contribution in [3.63, 3.8) is 0 Å². The summed E-state index contributed by atoms with van der Waals surface area (Å²) in [5.74, 6) is 0.297. The van der Waals surface area contributed by atoms with Gasteiger partial charge in [-0.15, -0.1) is 6.58 Å². The topological polar surface area (TPSA) is 32.3 Å². The summed E-state index contributed by atoms with van der Waals surface area (Å²) < 4.78 is 0. The van der Waals surface area contributed by atoms with Gasteiger partial charge < -0.3 is 10.4 Å². The molecule has 0 radical (unpaired) electrons. The van der Waals surface area contributed by atoms with Gasteiger partial charge in [-0.05, 0) is 31.9 Å². The molecule has 0 aliphatic carbocycles. The van der Waals surface area contributed by atoms with Gasteiger partial charge >= 0.3 is 0 Å². The fourth-order valence-corrected chi connectivity index (χ4v) is 1.32. The predicted molar refractivity (Wildman–Crippen MR) is 60.6 cm³/mol. The molecule has 1 rings (SSSR count). The van der Waals surface area contributed by atoms with Gasteiger partial charge in [0.25, 0.3) is 0 Å². The van der Waals surface area contributed by atoms with Gasteiger partial charge in [-0.1, -0.05) is 12.1 Å². The number of hydrogen-bond donors (Lipinski definition) is 2. The number of hydrogen-bond acceptors (Lipinski definition) is 2. The number of rotatable bonds is 5. The SMILES string of the molecule is C=CCCC(C)Nc1cccc(O)c1. The summed E-state index contributed by atoms with van der Waals surface area (Å²) in [6.45, 7) is 5.80. The van der Waals surface area contributed by atoms with Crippen molar-refractivity contribution in [2.75, 3.05) is 5.32 Å². The summed E-state index contributed by atoms with van der Waals surface area (Å²) >= 11 is 0. The maximum absolute atomic E-state index is 9.25. The van der Waals surface area contributed by atoms with Crippen molar-refractivity contribution in [2.45, 2.75) is 25.8 Å². The molecule has 0 aliphatic rings. The maximum Gasteiger partial charge on any atom is 0.117 e. The third kappa shape index (κ3) is 3.52. The van der Waals surface area contributed by atoms with E-state index >= 15 is 0 Å². The number of phenolic OH excluding ortho intramolecular Hbond substituents is 1. The van der Waals surface area contributed by atoms with Crippen molar-refractivity contribution >= 4 is 5.69 Å². The van der Waals surface area contributed by atoms with Crippen LogP contribution in [0.5, 0.6) is 5.75 Å². The Morgan fingerprint density at radius 2 is 2.36 bits per heavy atom. The smallest absolute Gasteiger partial charge is 0.117 e. The summed E-state index contributed by atoms with van der Waals surface area (Å²) in [6, 6.07) is 7.57. The molecule has 14 heavy (non-hydrogen) atoms. The largest absolute Gasteiger partial charge is 0.508 e. The molecule has 0 bridgehead atoms. The standard InChI is InChI=1S/C12H17NO/c1-3-4-6-10(2)13-11-7-5-8-12(14)9-11/h3,5,7-10,13-14H,1,4,6H2,2H3. The molecular weight excluding hydrogens is 174 g/mol. The molecule has 1 aromatic carbocycles. The van der Waals surface area contributed by atoms with E-state index in [1.54, 1.807) is 12.1 Å². The summed E-state index contributed by atoms with van der Waals surface area (Å²) in [7, 11) is 0. The molecule has 1 aromatic rings. The van der Waals surface area contributed by atoms with Gasteiger partial charge in [0.15, 0.2) is 0 Å². The van der Waals surface area contributed by atoms with Gasteiger partial charge in [0.1, 0.15) is 5.75 Å². The molecular formula is C12H17NO. The van der Waals surface area contributed by atoms with E-state index in [0.717, 1.165) is 18.5 Å². The van der Waals surface area contributed by atoms with Crippen molar-refractivity contribution < 1.29 is 5.11 Å². The normalized spacial score (nSPS) is 12.1. The molecule has 0 amide bonds.